The van der Waals surface area contributed by atoms with Crippen LogP contribution < -0.4 is 5.32 Å². The summed E-state index contributed by atoms with van der Waals surface area (Å²) < 4.78 is 10.8. The summed E-state index contributed by atoms with van der Waals surface area (Å²) in [7, 11) is 3.52. The van der Waals surface area contributed by atoms with E-state index in [9.17, 15) is 15.0 Å². The molecule has 2 aliphatic rings. The third-order valence-corrected chi connectivity index (χ3v) is 4.80. The number of aliphatic hydroxyl groups excluding tert-OH is 2. The number of hydrogen-bond acceptors (Lipinski definition) is 7. The predicted octanol–water partition coefficient (Wildman–Crippen LogP) is -1.92. The van der Waals surface area contributed by atoms with Gasteiger partial charge in [-0.25, -0.2) is 0 Å². The van der Waals surface area contributed by atoms with Crippen LogP contribution in [0.25, 0.3) is 0 Å². The van der Waals surface area contributed by atoms with E-state index < -0.39 is 24.5 Å². The molecule has 0 radical (unpaired) electrons. The Bertz CT molecular complexity index is 387. The van der Waals surface area contributed by atoms with Crippen LogP contribution in [0.2, 0.25) is 0 Å². The summed E-state index contributed by atoms with van der Waals surface area (Å²) >= 11 is 0. The van der Waals surface area contributed by atoms with E-state index >= 15 is 0 Å². The highest BCUT2D eigenvalue weighted by molar-refractivity contribution is 5.78. The highest BCUT2D eigenvalue weighted by Gasteiger charge is 2.43. The average molecular weight is 331 g/mol. The van der Waals surface area contributed by atoms with Crippen LogP contribution in [0, 0.1) is 5.92 Å². The number of aliphatic hydroxyl groups is 2. The van der Waals surface area contributed by atoms with Crippen molar-refractivity contribution in [1.82, 2.24) is 15.1 Å². The number of methoxy groups -OCH3 is 1. The number of carbonyl (C=O) groups is 1. The minimum absolute atomic E-state index is 0.154. The van der Waals surface area contributed by atoms with Gasteiger partial charge < -0.3 is 29.9 Å². The number of rotatable bonds is 5. The Kier molecular flexibility index (Phi) is 6.75. The lowest BCUT2D eigenvalue weighted by Crippen LogP contribution is -2.62. The highest BCUT2D eigenvalue weighted by atomic mass is 16.7. The summed E-state index contributed by atoms with van der Waals surface area (Å²) in [5.41, 5.74) is 0. The molecule has 134 valence electrons. The maximum absolute atomic E-state index is 12.3. The number of nitrogens with zero attached hydrogens (tertiary/aromatic N) is 2. The van der Waals surface area contributed by atoms with Crippen LogP contribution in [0.5, 0.6) is 0 Å². The summed E-state index contributed by atoms with van der Waals surface area (Å²) in [6.07, 6.45) is -2.10. The Labute approximate surface area is 137 Å². The van der Waals surface area contributed by atoms with E-state index in [0.29, 0.717) is 6.54 Å². The van der Waals surface area contributed by atoms with E-state index in [0.717, 1.165) is 26.2 Å². The number of ether oxygens (including phenoxy) is 2. The first-order valence-electron chi connectivity index (χ1n) is 8.13. The van der Waals surface area contributed by atoms with E-state index in [1.54, 1.807) is 6.92 Å². The number of piperazine rings is 1. The predicted molar refractivity (Wildman–Crippen MR) is 83.8 cm³/mol. The van der Waals surface area contributed by atoms with E-state index in [1.165, 1.54) is 7.11 Å². The molecule has 0 saturated carbocycles. The first kappa shape index (κ1) is 18.6. The van der Waals surface area contributed by atoms with Gasteiger partial charge in [0.25, 0.3) is 0 Å². The fraction of sp³-hybridized carbons (Fsp3) is 0.933. The maximum Gasteiger partial charge on any atom is 0.234 e. The van der Waals surface area contributed by atoms with Gasteiger partial charge in [-0.3, -0.25) is 9.69 Å². The molecule has 2 rings (SSSR count). The van der Waals surface area contributed by atoms with Crippen LogP contribution in [0.3, 0.4) is 0 Å². The molecule has 0 spiro atoms. The van der Waals surface area contributed by atoms with Gasteiger partial charge in [0, 0.05) is 39.2 Å². The average Bonchev–Trinajstić information content (AvgIpc) is 2.54. The minimum Gasteiger partial charge on any atom is -0.394 e. The summed E-state index contributed by atoms with van der Waals surface area (Å²) in [6, 6.07) is -0.641. The summed E-state index contributed by atoms with van der Waals surface area (Å²) in [5, 5.41) is 22.6. The van der Waals surface area contributed by atoms with Gasteiger partial charge in [0.1, 0.15) is 6.04 Å². The van der Waals surface area contributed by atoms with Gasteiger partial charge in [-0.2, -0.15) is 0 Å². The molecule has 8 nitrogen and oxygen atoms in total. The van der Waals surface area contributed by atoms with Crippen LogP contribution in [0.15, 0.2) is 0 Å². The SMILES string of the molecule is COC1OC(CO)C(C)C(O)C1NC(=O)CN1CCN(C)CC1. The lowest BCUT2D eigenvalue weighted by atomic mass is 9.89. The molecular formula is C15H29N3O5. The van der Waals surface area contributed by atoms with Crippen molar-refractivity contribution in [3.8, 4) is 0 Å². The van der Waals surface area contributed by atoms with Gasteiger partial charge in [0.2, 0.25) is 5.91 Å². The normalized spacial score (nSPS) is 36.8. The van der Waals surface area contributed by atoms with Crippen molar-refractivity contribution >= 4 is 5.91 Å². The first-order chi connectivity index (χ1) is 11.0. The molecule has 1 amide bonds. The molecular weight excluding hydrogens is 302 g/mol. The van der Waals surface area contributed by atoms with Gasteiger partial charge in [-0.15, -0.1) is 0 Å². The number of hydrogen-bond donors (Lipinski definition) is 3. The minimum atomic E-state index is -0.831. The molecule has 0 aromatic carbocycles. The molecule has 2 heterocycles. The lowest BCUT2D eigenvalue weighted by Gasteiger charge is -2.43. The van der Waals surface area contributed by atoms with E-state index in [1.807, 2.05) is 0 Å². The Morgan fingerprint density at radius 1 is 1.35 bits per heavy atom. The Morgan fingerprint density at radius 3 is 2.57 bits per heavy atom. The van der Waals surface area contributed by atoms with Crippen LogP contribution in [0.1, 0.15) is 6.92 Å². The third-order valence-electron chi connectivity index (χ3n) is 4.80. The third kappa shape index (κ3) is 4.62. The molecule has 5 unspecified atom stereocenters. The smallest absolute Gasteiger partial charge is 0.234 e. The number of nitrogens with one attached hydrogen (secondary N) is 1. The van der Waals surface area contributed by atoms with Gasteiger partial charge in [-0.05, 0) is 7.05 Å². The van der Waals surface area contributed by atoms with Crippen LogP contribution in [-0.2, 0) is 14.3 Å². The molecule has 0 aromatic rings. The van der Waals surface area contributed by atoms with Crippen LogP contribution >= 0.6 is 0 Å². The van der Waals surface area contributed by atoms with Crippen molar-refractivity contribution in [2.75, 3.05) is 53.5 Å². The fourth-order valence-electron chi connectivity index (χ4n) is 3.09. The van der Waals surface area contributed by atoms with Crippen molar-refractivity contribution < 1.29 is 24.5 Å². The maximum atomic E-state index is 12.3. The Morgan fingerprint density at radius 2 is 2.00 bits per heavy atom. The second-order valence-electron chi connectivity index (χ2n) is 6.48. The van der Waals surface area contributed by atoms with Crippen molar-refractivity contribution in [3.63, 3.8) is 0 Å². The number of carbonyl (C=O) groups excluding carboxylic acids is 1. The highest BCUT2D eigenvalue weighted by Crippen LogP contribution is 2.26. The molecule has 0 bridgehead atoms. The zero-order chi connectivity index (χ0) is 17.0. The van der Waals surface area contributed by atoms with Crippen molar-refractivity contribution in [3.05, 3.63) is 0 Å². The molecule has 2 aliphatic heterocycles. The van der Waals surface area contributed by atoms with Gasteiger partial charge >= 0.3 is 0 Å². The zero-order valence-electron chi connectivity index (χ0n) is 14.1. The van der Waals surface area contributed by atoms with Gasteiger partial charge in [-0.1, -0.05) is 6.92 Å². The molecule has 8 heteroatoms. The van der Waals surface area contributed by atoms with Crippen LogP contribution in [-0.4, -0.2) is 104 Å². The molecule has 3 N–H and O–H groups in total. The van der Waals surface area contributed by atoms with E-state index in [-0.39, 0.29) is 18.4 Å². The fourth-order valence-corrected chi connectivity index (χ4v) is 3.09. The van der Waals surface area contributed by atoms with Gasteiger partial charge in [0.05, 0.1) is 25.4 Å². The van der Waals surface area contributed by atoms with Crippen molar-refractivity contribution in [2.24, 2.45) is 5.92 Å². The van der Waals surface area contributed by atoms with Crippen molar-refractivity contribution in [1.29, 1.82) is 0 Å². The van der Waals surface area contributed by atoms with E-state index in [4.69, 9.17) is 9.47 Å². The van der Waals surface area contributed by atoms with Crippen molar-refractivity contribution in [2.45, 2.75) is 31.5 Å². The summed E-state index contributed by atoms with van der Waals surface area (Å²) in [4.78, 5) is 16.6. The second kappa shape index (κ2) is 8.36. The molecule has 0 aliphatic carbocycles. The first-order valence-corrected chi connectivity index (χ1v) is 8.13. The topological polar surface area (TPSA) is 94.5 Å². The van der Waals surface area contributed by atoms with Gasteiger partial charge in [0.15, 0.2) is 6.29 Å². The second-order valence-corrected chi connectivity index (χ2v) is 6.48. The Hall–Kier alpha value is -0.770. The monoisotopic (exact) mass is 331 g/mol. The lowest BCUT2D eigenvalue weighted by molar-refractivity contribution is -0.246. The largest absolute Gasteiger partial charge is 0.394 e. The number of amides is 1. The molecule has 5 atom stereocenters. The number of likely N-dealkylation sites (N-methyl/N-ethyl adjacent to an activating group) is 1. The molecule has 0 aromatic heterocycles. The molecule has 2 fully saturated rings. The molecule has 2 saturated heterocycles. The Balaban J connectivity index is 1.90. The molecule has 23 heavy (non-hydrogen) atoms. The quantitative estimate of drug-likeness (QED) is 0.541. The van der Waals surface area contributed by atoms with Crippen LogP contribution in [0.4, 0.5) is 0 Å². The standard InChI is InChI=1S/C15H29N3O5/c1-10-11(9-19)23-15(22-3)13(14(10)21)16-12(20)8-18-6-4-17(2)5-7-18/h10-11,13-15,19,21H,4-9H2,1-3H3,(H,16,20). The summed E-state index contributed by atoms with van der Waals surface area (Å²) in [6.45, 7) is 5.48. The zero-order valence-corrected chi connectivity index (χ0v) is 14.1. The summed E-state index contributed by atoms with van der Waals surface area (Å²) in [5.74, 6) is -0.445. The van der Waals surface area contributed by atoms with E-state index in [2.05, 4.69) is 22.2 Å².